The number of aliphatic imine (C=N–C) groups is 1. The number of amides is 1. The second kappa shape index (κ2) is 9.74. The van der Waals surface area contributed by atoms with E-state index in [0.717, 1.165) is 11.1 Å². The number of hydrogen-bond donors (Lipinski definition) is 3. The zero-order chi connectivity index (χ0) is 25.1. The first kappa shape index (κ1) is 25.7. The summed E-state index contributed by atoms with van der Waals surface area (Å²) in [5.41, 5.74) is 7.13. The third-order valence-electron chi connectivity index (χ3n) is 5.63. The molecule has 2 aromatic rings. The lowest BCUT2D eigenvalue weighted by Gasteiger charge is -2.32. The molecule has 0 saturated carbocycles. The number of carbonyl (C=O) groups is 1. The van der Waals surface area contributed by atoms with Crippen LogP contribution in [0.5, 0.6) is 0 Å². The normalized spacial score (nSPS) is 19.9. The van der Waals surface area contributed by atoms with Crippen molar-refractivity contribution in [2.75, 3.05) is 24.1 Å². The number of aryl methyl sites for hydroxylation is 1. The van der Waals surface area contributed by atoms with E-state index in [0.29, 0.717) is 5.69 Å². The van der Waals surface area contributed by atoms with Gasteiger partial charge in [0.15, 0.2) is 15.7 Å². The number of carbonyl (C=O) groups excluding carboxylic acids is 1. The average molecular weight is 505 g/mol. The highest BCUT2D eigenvalue weighted by molar-refractivity contribution is 7.98. The SMILES string of the molecule is CCP(=O)(CS(=O)(=O)c1ccc(NC(=O)C2=C(N)N=CC(C)(c3ccc(C)cc3)N2)cc1)OC. The van der Waals surface area contributed by atoms with Crippen LogP contribution in [0, 0.1) is 6.92 Å². The van der Waals surface area contributed by atoms with Crippen molar-refractivity contribution in [3.8, 4) is 0 Å². The van der Waals surface area contributed by atoms with Crippen LogP contribution in [0.2, 0.25) is 0 Å². The van der Waals surface area contributed by atoms with E-state index in [4.69, 9.17) is 10.3 Å². The maximum Gasteiger partial charge on any atom is 0.275 e. The van der Waals surface area contributed by atoms with E-state index in [-0.39, 0.29) is 22.6 Å². The molecule has 9 nitrogen and oxygen atoms in total. The Morgan fingerprint density at radius 3 is 2.35 bits per heavy atom. The fourth-order valence-corrected chi connectivity index (χ4v) is 8.01. The lowest BCUT2D eigenvalue weighted by molar-refractivity contribution is -0.113. The summed E-state index contributed by atoms with van der Waals surface area (Å²) < 4.78 is 42.6. The molecule has 34 heavy (non-hydrogen) atoms. The van der Waals surface area contributed by atoms with Gasteiger partial charge < -0.3 is 20.9 Å². The minimum Gasteiger partial charge on any atom is -0.382 e. The van der Waals surface area contributed by atoms with Gasteiger partial charge >= 0.3 is 0 Å². The van der Waals surface area contributed by atoms with Crippen LogP contribution >= 0.6 is 7.37 Å². The smallest absolute Gasteiger partial charge is 0.275 e. The first-order valence-corrected chi connectivity index (χ1v) is 14.2. The zero-order valence-corrected chi connectivity index (χ0v) is 21.2. The third kappa shape index (κ3) is 5.58. The first-order chi connectivity index (χ1) is 15.9. The van der Waals surface area contributed by atoms with E-state index in [2.05, 4.69) is 15.6 Å². The van der Waals surface area contributed by atoms with Crippen molar-refractivity contribution >= 4 is 35.0 Å². The van der Waals surface area contributed by atoms with Gasteiger partial charge in [0.1, 0.15) is 11.2 Å². The average Bonchev–Trinajstić information content (AvgIpc) is 2.81. The largest absolute Gasteiger partial charge is 0.382 e. The highest BCUT2D eigenvalue weighted by atomic mass is 32.2. The molecule has 1 amide bonds. The van der Waals surface area contributed by atoms with Crippen LogP contribution in [0.15, 0.2) is 69.9 Å². The Hall–Kier alpha value is -2.94. The molecule has 0 bridgehead atoms. The molecule has 0 aliphatic carbocycles. The van der Waals surface area contributed by atoms with Gasteiger partial charge in [0.2, 0.25) is 7.37 Å². The molecule has 1 heterocycles. The summed E-state index contributed by atoms with van der Waals surface area (Å²) in [6.45, 7) is 5.49. The van der Waals surface area contributed by atoms with Gasteiger partial charge in [-0.1, -0.05) is 36.8 Å². The van der Waals surface area contributed by atoms with Gasteiger partial charge in [-0.15, -0.1) is 0 Å². The third-order valence-corrected chi connectivity index (χ3v) is 11.2. The molecule has 1 aliphatic rings. The van der Waals surface area contributed by atoms with Crippen LogP contribution < -0.4 is 16.4 Å². The fraction of sp³-hybridized carbons (Fsp3) is 0.304. The maximum absolute atomic E-state index is 12.9. The number of rotatable bonds is 8. The van der Waals surface area contributed by atoms with E-state index >= 15 is 0 Å². The van der Waals surface area contributed by atoms with Crippen molar-refractivity contribution in [1.29, 1.82) is 0 Å². The van der Waals surface area contributed by atoms with Gasteiger partial charge in [0.05, 0.1) is 10.4 Å². The molecule has 0 saturated heterocycles. The molecule has 0 radical (unpaired) electrons. The van der Waals surface area contributed by atoms with Crippen LogP contribution in [0.25, 0.3) is 0 Å². The molecular weight excluding hydrogens is 475 g/mol. The van der Waals surface area contributed by atoms with Crippen LogP contribution in [0.1, 0.15) is 25.0 Å². The van der Waals surface area contributed by atoms with Crippen LogP contribution in [-0.2, 0) is 29.3 Å². The number of nitrogens with one attached hydrogen (secondary N) is 2. The number of nitrogens with zero attached hydrogens (tertiary/aromatic N) is 1. The van der Waals surface area contributed by atoms with E-state index < -0.39 is 34.1 Å². The second-order valence-corrected chi connectivity index (χ2v) is 13.6. The van der Waals surface area contributed by atoms with Crippen molar-refractivity contribution < 1.29 is 22.3 Å². The van der Waals surface area contributed by atoms with Crippen molar-refractivity contribution in [2.24, 2.45) is 10.7 Å². The minimum absolute atomic E-state index is 0.0118. The summed E-state index contributed by atoms with van der Waals surface area (Å²) in [4.78, 5) is 17.1. The molecule has 0 fully saturated rings. The molecule has 1 aliphatic heterocycles. The van der Waals surface area contributed by atoms with E-state index in [1.807, 2.05) is 38.1 Å². The van der Waals surface area contributed by atoms with E-state index in [9.17, 15) is 17.8 Å². The van der Waals surface area contributed by atoms with Crippen molar-refractivity contribution in [3.05, 3.63) is 71.2 Å². The molecule has 11 heteroatoms. The molecule has 4 N–H and O–H groups in total. The zero-order valence-electron chi connectivity index (χ0n) is 19.5. The molecule has 2 unspecified atom stereocenters. The quantitative estimate of drug-likeness (QED) is 0.469. The van der Waals surface area contributed by atoms with Crippen LogP contribution in [-0.4, -0.2) is 39.3 Å². The predicted octanol–water partition coefficient (Wildman–Crippen LogP) is 3.33. The molecule has 3 rings (SSSR count). The van der Waals surface area contributed by atoms with Gasteiger partial charge in [0.25, 0.3) is 5.91 Å². The van der Waals surface area contributed by atoms with Crippen molar-refractivity contribution in [3.63, 3.8) is 0 Å². The molecule has 2 aromatic carbocycles. The summed E-state index contributed by atoms with van der Waals surface area (Å²) in [7, 11) is -5.85. The van der Waals surface area contributed by atoms with Crippen molar-refractivity contribution in [1.82, 2.24) is 5.32 Å². The van der Waals surface area contributed by atoms with Gasteiger partial charge in [0, 0.05) is 25.2 Å². The monoisotopic (exact) mass is 504 g/mol. The lowest BCUT2D eigenvalue weighted by atomic mass is 9.91. The fourth-order valence-electron chi connectivity index (χ4n) is 3.38. The molecule has 182 valence electrons. The van der Waals surface area contributed by atoms with Crippen LogP contribution in [0.3, 0.4) is 0 Å². The molecule has 0 spiro atoms. The highest BCUT2D eigenvalue weighted by Crippen LogP contribution is 2.47. The minimum atomic E-state index is -3.83. The Labute approximate surface area is 199 Å². The van der Waals surface area contributed by atoms with E-state index in [1.165, 1.54) is 31.4 Å². The Morgan fingerprint density at radius 2 is 1.79 bits per heavy atom. The highest BCUT2D eigenvalue weighted by Gasteiger charge is 2.32. The molecule has 0 aromatic heterocycles. The predicted molar refractivity (Wildman–Crippen MR) is 134 cm³/mol. The number of benzene rings is 2. The summed E-state index contributed by atoms with van der Waals surface area (Å²) >= 11 is 0. The van der Waals surface area contributed by atoms with Gasteiger partial charge in [-0.05, 0) is 43.7 Å². The molecular formula is C23H29N4O5PS. The second-order valence-electron chi connectivity index (χ2n) is 8.25. The first-order valence-electron chi connectivity index (χ1n) is 10.6. The van der Waals surface area contributed by atoms with Crippen molar-refractivity contribution in [2.45, 2.75) is 31.2 Å². The maximum atomic E-state index is 12.9. The Balaban J connectivity index is 1.76. The Morgan fingerprint density at radius 1 is 1.18 bits per heavy atom. The molecule has 2 atom stereocenters. The summed E-state index contributed by atoms with van der Waals surface area (Å²) in [5, 5.41) is 5.86. The summed E-state index contributed by atoms with van der Waals surface area (Å²) in [6.07, 6.45) is 1.77. The van der Waals surface area contributed by atoms with Gasteiger partial charge in [-0.25, -0.2) is 13.4 Å². The topological polar surface area (TPSA) is 140 Å². The lowest BCUT2D eigenvalue weighted by Crippen LogP contribution is -2.47. The standard InChI is InChI=1S/C23H29N4O5PS/c1-5-33(29,32-4)15-34(30,31)19-12-10-18(11-13-19)26-22(28)20-21(24)25-14-23(3,27-20)17-8-6-16(2)7-9-17/h6-14,27H,5,15,24H2,1-4H3,(H,26,28). The van der Waals surface area contributed by atoms with Gasteiger partial charge in [-0.2, -0.15) is 0 Å². The Bertz CT molecular complexity index is 1280. The number of sulfone groups is 1. The number of nitrogens with two attached hydrogens (primary N) is 1. The summed E-state index contributed by atoms with van der Waals surface area (Å²) in [6, 6.07) is 13.4. The number of hydrogen-bond acceptors (Lipinski definition) is 8. The summed E-state index contributed by atoms with van der Waals surface area (Å²) in [5.74, 6) is -0.477. The number of anilines is 1. The van der Waals surface area contributed by atoms with Crippen LogP contribution in [0.4, 0.5) is 5.69 Å². The Kier molecular flexibility index (Phi) is 7.35. The van der Waals surface area contributed by atoms with E-state index in [1.54, 1.807) is 13.1 Å². The van der Waals surface area contributed by atoms with Gasteiger partial charge in [-0.3, -0.25) is 9.36 Å².